The van der Waals surface area contributed by atoms with Gasteiger partial charge in [0, 0.05) is 40.6 Å². The first-order chi connectivity index (χ1) is 15.1. The van der Waals surface area contributed by atoms with E-state index in [2.05, 4.69) is 46.7 Å². The van der Waals surface area contributed by atoms with E-state index in [1.54, 1.807) is 12.5 Å². The summed E-state index contributed by atoms with van der Waals surface area (Å²) in [5.41, 5.74) is 7.08. The molecule has 31 heavy (non-hydrogen) atoms. The molecule has 0 atom stereocenters. The zero-order valence-corrected chi connectivity index (χ0v) is 17.2. The molecule has 2 aromatic heterocycles. The summed E-state index contributed by atoms with van der Waals surface area (Å²) in [6, 6.07) is 20.0. The lowest BCUT2D eigenvalue weighted by Crippen LogP contribution is -2.30. The van der Waals surface area contributed by atoms with Crippen LogP contribution in [0.25, 0.3) is 33.0 Å². The summed E-state index contributed by atoms with van der Waals surface area (Å²) in [5, 5.41) is 5.64. The van der Waals surface area contributed by atoms with Gasteiger partial charge in [0.1, 0.15) is 5.58 Å². The molecule has 3 aromatic carbocycles. The highest BCUT2D eigenvalue weighted by Gasteiger charge is 2.24. The van der Waals surface area contributed by atoms with Crippen LogP contribution in [0.2, 0.25) is 5.02 Å². The number of fused-ring (bicyclic) bond motifs is 3. The molecule has 3 heterocycles. The van der Waals surface area contributed by atoms with Crippen molar-refractivity contribution in [2.45, 2.75) is 13.1 Å². The van der Waals surface area contributed by atoms with Crippen molar-refractivity contribution in [2.75, 3.05) is 5.32 Å². The molecule has 2 N–H and O–H groups in total. The van der Waals surface area contributed by atoms with Crippen LogP contribution in [0.5, 0.6) is 0 Å². The SMILES string of the molecule is O=C(Nc1c[nH]c2ccc(Cl)cc12)N1Cc2ccc(-c3ccc4ccoc4c3)cc2C1. The molecule has 6 rings (SSSR count). The van der Waals surface area contributed by atoms with Crippen molar-refractivity contribution in [3.05, 3.63) is 89.3 Å². The van der Waals surface area contributed by atoms with E-state index in [-0.39, 0.29) is 6.03 Å². The number of nitrogens with zero attached hydrogens (tertiary/aromatic N) is 1. The molecule has 6 heteroatoms. The molecule has 0 saturated heterocycles. The summed E-state index contributed by atoms with van der Waals surface area (Å²) in [7, 11) is 0. The Labute approximate surface area is 183 Å². The number of H-pyrrole nitrogens is 1. The van der Waals surface area contributed by atoms with Crippen molar-refractivity contribution in [1.82, 2.24) is 9.88 Å². The summed E-state index contributed by atoms with van der Waals surface area (Å²) in [5.74, 6) is 0. The second-order valence-corrected chi connectivity index (χ2v) is 8.27. The van der Waals surface area contributed by atoms with E-state index in [9.17, 15) is 4.79 Å². The van der Waals surface area contributed by atoms with Crippen molar-refractivity contribution < 1.29 is 9.21 Å². The van der Waals surface area contributed by atoms with Gasteiger partial charge in [0.15, 0.2) is 0 Å². The molecule has 0 aliphatic carbocycles. The minimum atomic E-state index is -0.129. The maximum absolute atomic E-state index is 12.9. The highest BCUT2D eigenvalue weighted by atomic mass is 35.5. The Morgan fingerprint density at radius 3 is 2.74 bits per heavy atom. The van der Waals surface area contributed by atoms with Gasteiger partial charge in [0.2, 0.25) is 0 Å². The average Bonchev–Trinajstić information content (AvgIpc) is 3.50. The van der Waals surface area contributed by atoms with E-state index >= 15 is 0 Å². The largest absolute Gasteiger partial charge is 0.464 e. The standard InChI is InChI=1S/C25H18ClN3O2/c26-20-5-6-22-21(11-20)23(12-27-22)28-25(30)29-13-18-4-3-16(9-19(18)14-29)17-2-1-15-7-8-31-24(15)10-17/h1-12,27H,13-14H2,(H,28,30). The Hall–Kier alpha value is -3.70. The topological polar surface area (TPSA) is 61.3 Å². The summed E-state index contributed by atoms with van der Waals surface area (Å²) in [6.45, 7) is 1.16. The van der Waals surface area contributed by atoms with Gasteiger partial charge in [-0.1, -0.05) is 35.9 Å². The minimum absolute atomic E-state index is 0.129. The van der Waals surface area contributed by atoms with E-state index in [1.165, 1.54) is 5.56 Å². The number of halogens is 1. The summed E-state index contributed by atoms with van der Waals surface area (Å²) >= 11 is 6.12. The molecule has 152 valence electrons. The first-order valence-electron chi connectivity index (χ1n) is 10.1. The van der Waals surface area contributed by atoms with Crippen LogP contribution in [0.4, 0.5) is 10.5 Å². The van der Waals surface area contributed by atoms with Crippen LogP contribution in [-0.4, -0.2) is 15.9 Å². The van der Waals surface area contributed by atoms with Crippen LogP contribution in [-0.2, 0) is 13.1 Å². The average molecular weight is 428 g/mol. The Morgan fingerprint density at radius 1 is 0.968 bits per heavy atom. The van der Waals surface area contributed by atoms with Gasteiger partial charge in [0.05, 0.1) is 12.0 Å². The second-order valence-electron chi connectivity index (χ2n) is 7.84. The smallest absolute Gasteiger partial charge is 0.322 e. The van der Waals surface area contributed by atoms with E-state index in [1.807, 2.05) is 29.2 Å². The number of anilines is 1. The molecule has 5 nitrogen and oxygen atoms in total. The van der Waals surface area contributed by atoms with Crippen LogP contribution in [0, 0.1) is 0 Å². The molecular weight excluding hydrogens is 410 g/mol. The Morgan fingerprint density at radius 2 is 1.81 bits per heavy atom. The predicted molar refractivity (Wildman–Crippen MR) is 123 cm³/mol. The first kappa shape index (κ1) is 18.1. The van der Waals surface area contributed by atoms with Gasteiger partial charge in [-0.25, -0.2) is 4.79 Å². The van der Waals surface area contributed by atoms with Crippen molar-refractivity contribution in [1.29, 1.82) is 0 Å². The number of carbonyl (C=O) groups is 1. The summed E-state index contributed by atoms with van der Waals surface area (Å²) < 4.78 is 5.54. The van der Waals surface area contributed by atoms with Gasteiger partial charge < -0.3 is 19.6 Å². The Bertz CT molecular complexity index is 1470. The molecule has 1 aliphatic rings. The number of urea groups is 1. The fraction of sp³-hybridized carbons (Fsp3) is 0.0800. The number of aromatic nitrogens is 1. The minimum Gasteiger partial charge on any atom is -0.464 e. The van der Waals surface area contributed by atoms with Crippen LogP contribution in [0.15, 0.2) is 77.5 Å². The molecule has 0 saturated carbocycles. The molecule has 0 radical (unpaired) electrons. The molecule has 0 unspecified atom stereocenters. The summed E-state index contributed by atoms with van der Waals surface area (Å²) in [6.07, 6.45) is 3.50. The molecule has 0 spiro atoms. The van der Waals surface area contributed by atoms with Crippen molar-refractivity contribution >= 4 is 45.2 Å². The Kier molecular flexibility index (Phi) is 4.04. The van der Waals surface area contributed by atoms with Crippen molar-refractivity contribution in [2.24, 2.45) is 0 Å². The molecule has 0 bridgehead atoms. The van der Waals surface area contributed by atoms with Crippen LogP contribution < -0.4 is 5.32 Å². The molecule has 1 aliphatic heterocycles. The van der Waals surface area contributed by atoms with Gasteiger partial charge in [-0.2, -0.15) is 0 Å². The number of carbonyl (C=O) groups excluding carboxylic acids is 1. The van der Waals surface area contributed by atoms with Gasteiger partial charge in [-0.15, -0.1) is 0 Å². The number of nitrogens with one attached hydrogen (secondary N) is 2. The number of furan rings is 1. The number of hydrogen-bond donors (Lipinski definition) is 2. The maximum atomic E-state index is 12.9. The highest BCUT2D eigenvalue weighted by molar-refractivity contribution is 6.31. The first-order valence-corrected chi connectivity index (χ1v) is 10.4. The van der Waals surface area contributed by atoms with Crippen LogP contribution in [0.1, 0.15) is 11.1 Å². The molecule has 0 fully saturated rings. The molecule has 5 aromatic rings. The monoisotopic (exact) mass is 427 g/mol. The third-order valence-corrected chi connectivity index (χ3v) is 6.13. The fourth-order valence-corrected chi connectivity index (χ4v) is 4.41. The quantitative estimate of drug-likeness (QED) is 0.326. The Balaban J connectivity index is 1.23. The number of rotatable bonds is 2. The summed E-state index contributed by atoms with van der Waals surface area (Å²) in [4.78, 5) is 17.9. The predicted octanol–water partition coefficient (Wildman–Crippen LogP) is 6.78. The van der Waals surface area contributed by atoms with Crippen molar-refractivity contribution in [3.8, 4) is 11.1 Å². The zero-order valence-electron chi connectivity index (χ0n) is 16.5. The van der Waals surface area contributed by atoms with Gasteiger partial charge >= 0.3 is 6.03 Å². The fourth-order valence-electron chi connectivity index (χ4n) is 4.24. The lowest BCUT2D eigenvalue weighted by atomic mass is 10.00. The van der Waals surface area contributed by atoms with E-state index in [4.69, 9.17) is 16.0 Å². The lowest BCUT2D eigenvalue weighted by Gasteiger charge is -2.16. The van der Waals surface area contributed by atoms with E-state index < -0.39 is 0 Å². The lowest BCUT2D eigenvalue weighted by molar-refractivity contribution is 0.212. The third kappa shape index (κ3) is 3.14. The van der Waals surface area contributed by atoms with Gasteiger partial charge in [-0.05, 0) is 58.7 Å². The van der Waals surface area contributed by atoms with Gasteiger partial charge in [0.25, 0.3) is 0 Å². The highest BCUT2D eigenvalue weighted by Crippen LogP contribution is 2.32. The van der Waals surface area contributed by atoms with E-state index in [0.717, 1.165) is 44.2 Å². The molecular formula is C25H18ClN3O2. The van der Waals surface area contributed by atoms with E-state index in [0.29, 0.717) is 18.1 Å². The number of aromatic amines is 1. The molecule has 2 amide bonds. The normalized spacial score (nSPS) is 13.1. The van der Waals surface area contributed by atoms with Crippen molar-refractivity contribution in [3.63, 3.8) is 0 Å². The third-order valence-electron chi connectivity index (χ3n) is 5.89. The number of hydrogen-bond acceptors (Lipinski definition) is 2. The second kappa shape index (κ2) is 6.93. The van der Waals surface area contributed by atoms with Crippen LogP contribution >= 0.6 is 11.6 Å². The van der Waals surface area contributed by atoms with Crippen LogP contribution in [0.3, 0.4) is 0 Å². The van der Waals surface area contributed by atoms with Gasteiger partial charge in [-0.3, -0.25) is 0 Å². The number of amides is 2. The number of benzene rings is 3. The zero-order chi connectivity index (χ0) is 20.9. The maximum Gasteiger partial charge on any atom is 0.322 e.